The van der Waals surface area contributed by atoms with Crippen molar-refractivity contribution in [3.63, 3.8) is 0 Å². The Morgan fingerprint density at radius 1 is 1.10 bits per heavy atom. The van der Waals surface area contributed by atoms with Crippen LogP contribution in [0.1, 0.15) is 63.7 Å². The number of amides is 1. The van der Waals surface area contributed by atoms with Crippen LogP contribution in [0.3, 0.4) is 0 Å². The standard InChI is InChI=1S/C28H32Cl2F2N2O6/c1-28(2,3)40-27(36)34-10-4-5-21(34)25(35)38-23(12-18-19(29)13-33-14-20(18)30)17-8-9-22(39-26(31)32)24(11-17)37-15-16-6-7-16/h8-9,11,13-14,16,21,23,26H,4-7,10,12,15H2,1-3H3. The van der Waals surface area contributed by atoms with E-state index in [2.05, 4.69) is 9.72 Å². The third kappa shape index (κ3) is 8.10. The van der Waals surface area contributed by atoms with Gasteiger partial charge in [0.15, 0.2) is 11.5 Å². The van der Waals surface area contributed by atoms with E-state index in [0.29, 0.717) is 43.0 Å². The highest BCUT2D eigenvalue weighted by Gasteiger charge is 2.39. The number of halogens is 4. The number of nitrogens with zero attached hydrogens (tertiary/aromatic N) is 2. The van der Waals surface area contributed by atoms with Gasteiger partial charge >= 0.3 is 18.7 Å². The fourth-order valence-electron chi connectivity index (χ4n) is 4.34. The maximum Gasteiger partial charge on any atom is 0.411 e. The predicted octanol–water partition coefficient (Wildman–Crippen LogP) is 7.01. The lowest BCUT2D eigenvalue weighted by molar-refractivity contribution is -0.154. The summed E-state index contributed by atoms with van der Waals surface area (Å²) in [5.74, 6) is -0.305. The molecule has 0 spiro atoms. The van der Waals surface area contributed by atoms with Gasteiger partial charge in [0.25, 0.3) is 0 Å². The SMILES string of the molecule is CC(C)(C)OC(=O)N1CCCC1C(=O)OC(Cc1c(Cl)cncc1Cl)c1ccc(OC(F)F)c(OCC2CC2)c1. The Labute approximate surface area is 241 Å². The molecule has 8 nitrogen and oxygen atoms in total. The van der Waals surface area contributed by atoms with Gasteiger partial charge in [-0.15, -0.1) is 0 Å². The number of hydrogen-bond acceptors (Lipinski definition) is 7. The minimum absolute atomic E-state index is 0.0577. The van der Waals surface area contributed by atoms with Crippen molar-refractivity contribution < 1.29 is 37.3 Å². The monoisotopic (exact) mass is 600 g/mol. The van der Waals surface area contributed by atoms with Crippen LogP contribution in [0.5, 0.6) is 11.5 Å². The molecule has 1 aliphatic heterocycles. The summed E-state index contributed by atoms with van der Waals surface area (Å²) in [5, 5.41) is 0.542. The van der Waals surface area contributed by atoms with E-state index < -0.39 is 36.4 Å². The van der Waals surface area contributed by atoms with Crippen LogP contribution in [0.4, 0.5) is 13.6 Å². The maximum atomic E-state index is 13.5. The van der Waals surface area contributed by atoms with E-state index in [4.69, 9.17) is 37.4 Å². The van der Waals surface area contributed by atoms with Crippen LogP contribution in [0.15, 0.2) is 30.6 Å². The normalized spacial score (nSPS) is 18.0. The third-order valence-corrected chi connectivity index (χ3v) is 7.13. The zero-order valence-corrected chi connectivity index (χ0v) is 24.0. The van der Waals surface area contributed by atoms with Crippen LogP contribution in [-0.2, 0) is 20.7 Å². The number of rotatable bonds is 10. The lowest BCUT2D eigenvalue weighted by Crippen LogP contribution is -2.44. The molecule has 12 heteroatoms. The molecule has 2 unspecified atom stereocenters. The Morgan fingerprint density at radius 2 is 1.80 bits per heavy atom. The van der Waals surface area contributed by atoms with E-state index in [1.807, 2.05) is 0 Å². The summed E-state index contributed by atoms with van der Waals surface area (Å²) >= 11 is 12.7. The van der Waals surface area contributed by atoms with Gasteiger partial charge in [-0.1, -0.05) is 29.3 Å². The molecular weight excluding hydrogens is 569 g/mol. The lowest BCUT2D eigenvalue weighted by Gasteiger charge is -2.29. The van der Waals surface area contributed by atoms with Crippen molar-refractivity contribution in [1.29, 1.82) is 0 Å². The number of benzene rings is 1. The molecule has 40 heavy (non-hydrogen) atoms. The minimum atomic E-state index is -3.04. The van der Waals surface area contributed by atoms with E-state index in [0.717, 1.165) is 12.8 Å². The molecule has 1 aliphatic carbocycles. The number of carbonyl (C=O) groups excluding carboxylic acids is 2. The highest BCUT2D eigenvalue weighted by atomic mass is 35.5. The molecule has 1 amide bonds. The molecule has 2 heterocycles. The highest BCUT2D eigenvalue weighted by Crippen LogP contribution is 2.38. The number of likely N-dealkylation sites (tertiary alicyclic amines) is 1. The van der Waals surface area contributed by atoms with Crippen LogP contribution in [0.2, 0.25) is 10.0 Å². The van der Waals surface area contributed by atoms with E-state index in [9.17, 15) is 18.4 Å². The van der Waals surface area contributed by atoms with Crippen molar-refractivity contribution in [2.45, 2.75) is 77.2 Å². The second-order valence-corrected chi connectivity index (χ2v) is 11.7. The highest BCUT2D eigenvalue weighted by molar-refractivity contribution is 6.35. The van der Waals surface area contributed by atoms with Gasteiger partial charge in [0.05, 0.1) is 16.7 Å². The van der Waals surface area contributed by atoms with E-state index in [1.165, 1.54) is 35.5 Å². The Kier molecular flexibility index (Phi) is 9.61. The number of aromatic nitrogens is 1. The molecule has 1 saturated heterocycles. The zero-order chi connectivity index (χ0) is 29.0. The zero-order valence-electron chi connectivity index (χ0n) is 22.5. The molecule has 218 valence electrons. The predicted molar refractivity (Wildman–Crippen MR) is 144 cm³/mol. The Balaban J connectivity index is 1.63. The van der Waals surface area contributed by atoms with Gasteiger partial charge in [-0.05, 0) is 75.6 Å². The van der Waals surface area contributed by atoms with Crippen molar-refractivity contribution in [1.82, 2.24) is 9.88 Å². The van der Waals surface area contributed by atoms with E-state index in [-0.39, 0.29) is 28.0 Å². The first-order valence-corrected chi connectivity index (χ1v) is 13.9. The molecule has 0 N–H and O–H groups in total. The van der Waals surface area contributed by atoms with Crippen molar-refractivity contribution in [3.8, 4) is 11.5 Å². The number of carbonyl (C=O) groups is 2. The first kappa shape index (κ1) is 30.1. The second-order valence-electron chi connectivity index (χ2n) is 10.9. The van der Waals surface area contributed by atoms with Crippen LogP contribution in [0, 0.1) is 5.92 Å². The smallest absolute Gasteiger partial charge is 0.411 e. The number of esters is 1. The van der Waals surface area contributed by atoms with Crippen LogP contribution >= 0.6 is 23.2 Å². The van der Waals surface area contributed by atoms with E-state index in [1.54, 1.807) is 20.8 Å². The number of ether oxygens (including phenoxy) is 4. The lowest BCUT2D eigenvalue weighted by atomic mass is 10.0. The van der Waals surface area contributed by atoms with Crippen LogP contribution < -0.4 is 9.47 Å². The third-order valence-electron chi connectivity index (χ3n) is 6.48. The van der Waals surface area contributed by atoms with Gasteiger partial charge in [0, 0.05) is 25.4 Å². The molecule has 2 atom stereocenters. The molecule has 2 aromatic rings. The molecule has 2 fully saturated rings. The molecule has 1 saturated carbocycles. The number of alkyl halides is 2. The summed E-state index contributed by atoms with van der Waals surface area (Å²) in [6, 6.07) is 3.53. The Hall–Kier alpha value is -2.85. The van der Waals surface area contributed by atoms with Crippen LogP contribution in [-0.4, -0.2) is 53.4 Å². The van der Waals surface area contributed by atoms with Gasteiger partial charge in [0.2, 0.25) is 0 Å². The van der Waals surface area contributed by atoms with Crippen molar-refractivity contribution >= 4 is 35.3 Å². The quantitative estimate of drug-likeness (QED) is 0.271. The largest absolute Gasteiger partial charge is 0.489 e. The average molecular weight is 601 g/mol. The van der Waals surface area contributed by atoms with Crippen molar-refractivity contribution in [2.24, 2.45) is 5.92 Å². The fraction of sp³-hybridized carbons (Fsp3) is 0.536. The second kappa shape index (κ2) is 12.8. The van der Waals surface area contributed by atoms with Gasteiger partial charge in [0.1, 0.15) is 17.7 Å². The summed E-state index contributed by atoms with van der Waals surface area (Å²) in [6.07, 6.45) is 4.35. The van der Waals surface area contributed by atoms with Crippen molar-refractivity contribution in [3.05, 3.63) is 51.8 Å². The average Bonchev–Trinajstić information content (AvgIpc) is 3.56. The van der Waals surface area contributed by atoms with Crippen molar-refractivity contribution in [2.75, 3.05) is 13.2 Å². The van der Waals surface area contributed by atoms with Gasteiger partial charge < -0.3 is 18.9 Å². The first-order chi connectivity index (χ1) is 18.9. The molecule has 0 bridgehead atoms. The summed E-state index contributed by atoms with van der Waals surface area (Å²) in [7, 11) is 0. The summed E-state index contributed by atoms with van der Waals surface area (Å²) in [4.78, 5) is 31.6. The molecule has 1 aromatic carbocycles. The first-order valence-electron chi connectivity index (χ1n) is 13.1. The summed E-state index contributed by atoms with van der Waals surface area (Å²) in [6.45, 7) is 2.89. The minimum Gasteiger partial charge on any atom is -0.489 e. The molecule has 0 radical (unpaired) electrons. The van der Waals surface area contributed by atoms with Crippen LogP contribution in [0.25, 0.3) is 0 Å². The van der Waals surface area contributed by atoms with Gasteiger partial charge in [-0.2, -0.15) is 8.78 Å². The fourth-order valence-corrected chi connectivity index (χ4v) is 4.86. The van der Waals surface area contributed by atoms with Gasteiger partial charge in [-0.25, -0.2) is 9.59 Å². The topological polar surface area (TPSA) is 87.2 Å². The maximum absolute atomic E-state index is 13.5. The molecule has 4 rings (SSSR count). The number of hydrogen-bond donors (Lipinski definition) is 0. The summed E-state index contributed by atoms with van der Waals surface area (Å²) in [5.41, 5.74) is 0.205. The molecular formula is C28H32Cl2F2N2O6. The Morgan fingerprint density at radius 3 is 2.42 bits per heavy atom. The van der Waals surface area contributed by atoms with Gasteiger partial charge in [-0.3, -0.25) is 9.88 Å². The number of pyridine rings is 1. The van der Waals surface area contributed by atoms with E-state index >= 15 is 0 Å². The molecule has 2 aliphatic rings. The summed E-state index contributed by atoms with van der Waals surface area (Å²) < 4.78 is 48.1. The Bertz CT molecular complexity index is 1200. The molecule has 1 aromatic heterocycles.